The van der Waals surface area contributed by atoms with E-state index in [1.54, 1.807) is 49.6 Å². The Hall–Kier alpha value is -4.87. The summed E-state index contributed by atoms with van der Waals surface area (Å²) >= 11 is 2.73. The maximum absolute atomic E-state index is 13.8. The van der Waals surface area contributed by atoms with Crippen LogP contribution in [0.4, 0.5) is 5.13 Å². The molecule has 1 unspecified atom stereocenters. The van der Waals surface area contributed by atoms with Crippen LogP contribution in [0.25, 0.3) is 16.5 Å². The van der Waals surface area contributed by atoms with E-state index in [-0.39, 0.29) is 16.5 Å². The summed E-state index contributed by atoms with van der Waals surface area (Å²) in [6.45, 7) is 4.93. The number of ether oxygens (including phenoxy) is 3. The van der Waals surface area contributed by atoms with Crippen molar-refractivity contribution in [1.29, 1.82) is 0 Å². The molecule has 1 aliphatic rings. The van der Waals surface area contributed by atoms with E-state index in [9.17, 15) is 14.7 Å². The molecule has 1 saturated heterocycles. The fourth-order valence-corrected chi connectivity index (χ4v) is 7.65. The molecule has 1 atom stereocenters. The highest BCUT2D eigenvalue weighted by Crippen LogP contribution is 2.46. The van der Waals surface area contributed by atoms with Gasteiger partial charge in [0.2, 0.25) is 5.13 Å². The van der Waals surface area contributed by atoms with Crippen molar-refractivity contribution in [3.8, 4) is 17.2 Å². The summed E-state index contributed by atoms with van der Waals surface area (Å²) in [5, 5.41) is 22.9. The Balaban J connectivity index is 1.38. The molecule has 1 aromatic heterocycles. The molecule has 9 nitrogen and oxygen atoms in total. The molecule has 1 fully saturated rings. The smallest absolute Gasteiger partial charge is 0.301 e. The number of methoxy groups -OCH3 is 1. The standard InChI is InChI=1S/C38H37N3O6S2/c1-4-6-9-21-47-30-20-17-26(22-31(30)46-5-2)33-32(34(42)25-15-18-28(45-3)19-16-25)35(43)36(44)41(33)37-39-40-38(49-37)48-23-27-13-10-12-24-11-7-8-14-29(24)27/h7-8,10-20,22,33,42H,4-6,9,21,23H2,1-3H3/b34-32+. The summed E-state index contributed by atoms with van der Waals surface area (Å²) in [6, 6.07) is 25.4. The highest BCUT2D eigenvalue weighted by atomic mass is 32.2. The zero-order valence-electron chi connectivity index (χ0n) is 27.5. The van der Waals surface area contributed by atoms with Crippen LogP contribution in [0.2, 0.25) is 0 Å². The average molecular weight is 696 g/mol. The number of nitrogens with zero attached hydrogens (tertiary/aromatic N) is 3. The van der Waals surface area contributed by atoms with Crippen molar-refractivity contribution in [2.45, 2.75) is 49.2 Å². The minimum atomic E-state index is -1.00. The maximum atomic E-state index is 13.8. The second kappa shape index (κ2) is 15.6. The molecule has 0 aliphatic carbocycles. The number of amides is 1. The highest BCUT2D eigenvalue weighted by Gasteiger charge is 2.48. The Kier molecular flexibility index (Phi) is 10.8. The van der Waals surface area contributed by atoms with Gasteiger partial charge in [-0.15, -0.1) is 10.2 Å². The second-order valence-corrected chi connectivity index (χ2v) is 13.5. The van der Waals surface area contributed by atoms with E-state index in [1.165, 1.54) is 28.0 Å². The minimum Gasteiger partial charge on any atom is -0.507 e. The van der Waals surface area contributed by atoms with E-state index in [1.807, 2.05) is 25.1 Å². The number of anilines is 1. The van der Waals surface area contributed by atoms with Gasteiger partial charge in [-0.05, 0) is 71.6 Å². The number of unbranched alkanes of at least 4 members (excludes halogenated alkanes) is 2. The SMILES string of the molecule is CCCCCOc1ccc(C2/C(=C(\O)c3ccc(OC)cc3)C(=O)C(=O)N2c2nnc(SCc3cccc4ccccc34)s2)cc1OCC. The molecule has 6 rings (SSSR count). The Morgan fingerprint density at radius 3 is 2.49 bits per heavy atom. The van der Waals surface area contributed by atoms with E-state index in [0.717, 1.165) is 35.6 Å². The normalized spacial score (nSPS) is 15.6. The summed E-state index contributed by atoms with van der Waals surface area (Å²) in [4.78, 5) is 29.0. The summed E-state index contributed by atoms with van der Waals surface area (Å²) in [5.41, 5.74) is 2.02. The molecule has 0 bridgehead atoms. The van der Waals surface area contributed by atoms with Crippen LogP contribution in [0.1, 0.15) is 55.8 Å². The van der Waals surface area contributed by atoms with Crippen molar-refractivity contribution in [2.75, 3.05) is 25.2 Å². The molecule has 1 aliphatic heterocycles. The van der Waals surface area contributed by atoms with Crippen molar-refractivity contribution in [2.24, 2.45) is 0 Å². The molecule has 5 aromatic rings. The first-order valence-corrected chi connectivity index (χ1v) is 18.0. The number of fused-ring (bicyclic) bond motifs is 1. The van der Waals surface area contributed by atoms with Crippen LogP contribution >= 0.6 is 23.1 Å². The van der Waals surface area contributed by atoms with Crippen molar-refractivity contribution < 1.29 is 28.9 Å². The first-order valence-electron chi connectivity index (χ1n) is 16.2. The van der Waals surface area contributed by atoms with Gasteiger partial charge < -0.3 is 19.3 Å². The first kappa shape index (κ1) is 34.0. The first-order chi connectivity index (χ1) is 23.9. The summed E-state index contributed by atoms with van der Waals surface area (Å²) in [7, 11) is 1.55. The van der Waals surface area contributed by atoms with Crippen molar-refractivity contribution >= 4 is 56.5 Å². The van der Waals surface area contributed by atoms with Gasteiger partial charge in [-0.1, -0.05) is 91.4 Å². The number of aromatic nitrogens is 2. The van der Waals surface area contributed by atoms with Crippen LogP contribution in [0.3, 0.4) is 0 Å². The molecular weight excluding hydrogens is 659 g/mol. The van der Waals surface area contributed by atoms with E-state index in [2.05, 4.69) is 41.4 Å². The van der Waals surface area contributed by atoms with E-state index < -0.39 is 17.7 Å². The van der Waals surface area contributed by atoms with Gasteiger partial charge in [0.05, 0.1) is 31.9 Å². The van der Waals surface area contributed by atoms with E-state index in [4.69, 9.17) is 14.2 Å². The number of ketones is 1. The number of rotatable bonds is 14. The average Bonchev–Trinajstić information content (AvgIpc) is 3.70. The molecule has 1 N–H and O–H groups in total. The van der Waals surface area contributed by atoms with Gasteiger partial charge in [0.1, 0.15) is 11.5 Å². The molecule has 0 spiro atoms. The molecule has 252 valence electrons. The fraction of sp³-hybridized carbons (Fsp3) is 0.263. The zero-order valence-corrected chi connectivity index (χ0v) is 29.2. The van der Waals surface area contributed by atoms with E-state index >= 15 is 0 Å². The maximum Gasteiger partial charge on any atom is 0.301 e. The van der Waals surface area contributed by atoms with Gasteiger partial charge in [0, 0.05) is 11.3 Å². The van der Waals surface area contributed by atoms with Gasteiger partial charge in [-0.3, -0.25) is 14.5 Å². The van der Waals surface area contributed by atoms with Crippen LogP contribution in [0.15, 0.2) is 94.8 Å². The van der Waals surface area contributed by atoms with E-state index in [0.29, 0.717) is 51.7 Å². The lowest BCUT2D eigenvalue weighted by Gasteiger charge is -2.23. The number of benzene rings is 4. The number of hydrogen-bond acceptors (Lipinski definition) is 10. The predicted octanol–water partition coefficient (Wildman–Crippen LogP) is 8.59. The minimum absolute atomic E-state index is 0.0608. The fourth-order valence-electron chi connectivity index (χ4n) is 5.78. The molecule has 1 amide bonds. The largest absolute Gasteiger partial charge is 0.507 e. The predicted molar refractivity (Wildman–Crippen MR) is 194 cm³/mol. The second-order valence-electron chi connectivity index (χ2n) is 11.4. The van der Waals surface area contributed by atoms with Crippen LogP contribution in [-0.4, -0.2) is 47.3 Å². The molecule has 11 heteroatoms. The lowest BCUT2D eigenvalue weighted by Crippen LogP contribution is -2.29. The van der Waals surface area contributed by atoms with Gasteiger partial charge in [-0.2, -0.15) is 0 Å². The van der Waals surface area contributed by atoms with Gasteiger partial charge in [0.15, 0.2) is 15.8 Å². The van der Waals surface area contributed by atoms with Crippen molar-refractivity contribution in [3.63, 3.8) is 0 Å². The lowest BCUT2D eigenvalue weighted by atomic mass is 9.95. The quantitative estimate of drug-likeness (QED) is 0.0305. The van der Waals surface area contributed by atoms with Gasteiger partial charge >= 0.3 is 5.91 Å². The summed E-state index contributed by atoms with van der Waals surface area (Å²) in [6.07, 6.45) is 3.03. The summed E-state index contributed by atoms with van der Waals surface area (Å²) < 4.78 is 17.9. The number of aliphatic hydroxyl groups excluding tert-OH is 1. The highest BCUT2D eigenvalue weighted by molar-refractivity contribution is 8.00. The molecule has 0 saturated carbocycles. The van der Waals surface area contributed by atoms with Gasteiger partial charge in [0.25, 0.3) is 5.78 Å². The topological polar surface area (TPSA) is 111 Å². The van der Waals surface area contributed by atoms with Crippen LogP contribution in [-0.2, 0) is 15.3 Å². The monoisotopic (exact) mass is 695 g/mol. The van der Waals surface area contributed by atoms with Gasteiger partial charge in [-0.25, -0.2) is 0 Å². The number of carbonyl (C=O) groups excluding carboxylic acids is 2. The number of Topliss-reactive ketones (excluding diaryl/α,β-unsaturated/α-hetero) is 1. The number of carbonyl (C=O) groups is 2. The Morgan fingerprint density at radius 1 is 0.918 bits per heavy atom. The Labute approximate surface area is 293 Å². The molecular formula is C38H37N3O6S2. The Bertz CT molecular complexity index is 1990. The molecule has 0 radical (unpaired) electrons. The van der Waals surface area contributed by atoms with Crippen LogP contribution in [0, 0.1) is 0 Å². The molecule has 2 heterocycles. The molecule has 49 heavy (non-hydrogen) atoms. The number of hydrogen-bond donors (Lipinski definition) is 1. The lowest BCUT2D eigenvalue weighted by molar-refractivity contribution is -0.132. The van der Waals surface area contributed by atoms with Crippen molar-refractivity contribution in [1.82, 2.24) is 10.2 Å². The third kappa shape index (κ3) is 7.28. The van der Waals surface area contributed by atoms with Crippen LogP contribution < -0.4 is 19.1 Å². The number of aliphatic hydroxyl groups is 1. The van der Waals surface area contributed by atoms with Crippen molar-refractivity contribution in [3.05, 3.63) is 107 Å². The third-order valence-corrected chi connectivity index (χ3v) is 10.3. The summed E-state index contributed by atoms with van der Waals surface area (Å²) in [5.74, 6) is 0.351. The zero-order chi connectivity index (χ0) is 34.3. The number of thioether (sulfide) groups is 1. The Morgan fingerprint density at radius 2 is 1.71 bits per heavy atom. The van der Waals surface area contributed by atoms with Crippen LogP contribution in [0.5, 0.6) is 17.2 Å². The third-order valence-electron chi connectivity index (χ3n) is 8.23. The molecule has 4 aromatic carbocycles.